The van der Waals surface area contributed by atoms with Crippen LogP contribution in [0.2, 0.25) is 16.6 Å². The van der Waals surface area contributed by atoms with Crippen molar-refractivity contribution in [2.45, 2.75) is 103 Å². The number of ether oxygens (including phenoxy) is 1. The van der Waals surface area contributed by atoms with E-state index in [0.717, 1.165) is 41.3 Å². The van der Waals surface area contributed by atoms with Crippen molar-refractivity contribution < 1.29 is 18.8 Å². The number of Topliss-reactive ketones (excluding diaryl/α,β-unsaturated/α-hetero) is 1. The largest absolute Gasteiger partial charge is 0.445 e. The van der Waals surface area contributed by atoms with Crippen molar-refractivity contribution in [3.63, 3.8) is 0 Å². The lowest BCUT2D eigenvalue weighted by molar-refractivity contribution is 0.0768. The number of carbonyl (C=O) groups excluding carboxylic acids is 2. The highest BCUT2D eigenvalue weighted by Gasteiger charge is 2.71. The molecule has 1 aliphatic heterocycles. The second kappa shape index (κ2) is 12.6. The molecule has 1 aliphatic carbocycles. The van der Waals surface area contributed by atoms with E-state index >= 15 is 0 Å². The molecule has 1 saturated heterocycles. The van der Waals surface area contributed by atoms with Gasteiger partial charge in [0.05, 0.1) is 17.7 Å². The third-order valence-electron chi connectivity index (χ3n) is 10.6. The molecule has 7 heteroatoms. The summed E-state index contributed by atoms with van der Waals surface area (Å²) in [7, 11) is -2.03. The number of nitrogens with zero attached hydrogens (tertiary/aromatic N) is 1. The van der Waals surface area contributed by atoms with Gasteiger partial charge in [-0.1, -0.05) is 97.0 Å². The first kappa shape index (κ1) is 31.5. The number of rotatable bonds is 12. The number of hydrogen-bond donors (Lipinski definition) is 1. The highest BCUT2D eigenvalue weighted by atomic mass is 28.4. The van der Waals surface area contributed by atoms with Gasteiger partial charge in [0, 0.05) is 29.5 Å². The van der Waals surface area contributed by atoms with Crippen molar-refractivity contribution in [1.82, 2.24) is 9.88 Å². The zero-order valence-electron chi connectivity index (χ0n) is 27.1. The molecule has 1 amide bonds. The number of amides is 1. The number of ketones is 1. The normalized spacial score (nSPS) is 22.0. The van der Waals surface area contributed by atoms with Crippen LogP contribution in [0.3, 0.4) is 0 Å². The lowest BCUT2D eigenvalue weighted by Crippen LogP contribution is -2.48. The van der Waals surface area contributed by atoms with Crippen LogP contribution in [0.25, 0.3) is 10.9 Å². The van der Waals surface area contributed by atoms with Gasteiger partial charge in [-0.3, -0.25) is 4.79 Å². The minimum Gasteiger partial charge on any atom is -0.445 e. The van der Waals surface area contributed by atoms with E-state index in [1.165, 1.54) is 0 Å². The van der Waals surface area contributed by atoms with E-state index in [9.17, 15) is 9.59 Å². The second-order valence-corrected chi connectivity index (χ2v) is 19.1. The Kier molecular flexibility index (Phi) is 9.24. The first-order chi connectivity index (χ1) is 20.6. The number of hydrogen-bond acceptors (Lipinski definition) is 4. The third kappa shape index (κ3) is 5.59. The summed E-state index contributed by atoms with van der Waals surface area (Å²) < 4.78 is 12.7. The van der Waals surface area contributed by atoms with Crippen LogP contribution >= 0.6 is 0 Å². The smallest absolute Gasteiger partial charge is 0.410 e. The molecule has 1 saturated carbocycles. The molecule has 0 unspecified atom stereocenters. The Bertz CT molecular complexity index is 1410. The van der Waals surface area contributed by atoms with Gasteiger partial charge in [0.1, 0.15) is 6.61 Å². The summed E-state index contributed by atoms with van der Waals surface area (Å²) in [5.74, 6) is -0.103. The molecule has 2 aromatic carbocycles. The maximum absolute atomic E-state index is 14.5. The van der Waals surface area contributed by atoms with E-state index in [2.05, 4.69) is 65.6 Å². The molecule has 3 atom stereocenters. The number of piperidine rings is 1. The van der Waals surface area contributed by atoms with Crippen LogP contribution < -0.4 is 0 Å². The van der Waals surface area contributed by atoms with Crippen LogP contribution in [0.5, 0.6) is 0 Å². The number of aromatic amines is 1. The molecular formula is C36H50N2O4Si. The van der Waals surface area contributed by atoms with Gasteiger partial charge in [-0.25, -0.2) is 4.79 Å². The minimum atomic E-state index is -2.03. The van der Waals surface area contributed by atoms with Gasteiger partial charge >= 0.3 is 6.09 Å². The van der Waals surface area contributed by atoms with Gasteiger partial charge < -0.3 is 19.0 Å². The lowest BCUT2D eigenvalue weighted by Gasteiger charge is -2.42. The summed E-state index contributed by atoms with van der Waals surface area (Å²) in [4.78, 5) is 33.2. The van der Waals surface area contributed by atoms with E-state index in [-0.39, 0.29) is 35.9 Å². The maximum atomic E-state index is 14.5. The van der Waals surface area contributed by atoms with Crippen molar-refractivity contribution in [2.24, 2.45) is 11.3 Å². The van der Waals surface area contributed by atoms with Crippen molar-refractivity contribution in [2.75, 3.05) is 13.2 Å². The molecular weight excluding hydrogens is 552 g/mol. The van der Waals surface area contributed by atoms with Gasteiger partial charge in [0.15, 0.2) is 14.1 Å². The van der Waals surface area contributed by atoms with Gasteiger partial charge in [-0.05, 0) is 59.5 Å². The number of H-pyrrole nitrogens is 1. The Morgan fingerprint density at radius 3 is 2.28 bits per heavy atom. The van der Waals surface area contributed by atoms with Crippen molar-refractivity contribution in [1.29, 1.82) is 0 Å². The Morgan fingerprint density at radius 1 is 0.977 bits per heavy atom. The van der Waals surface area contributed by atoms with Gasteiger partial charge in [-0.2, -0.15) is 0 Å². The van der Waals surface area contributed by atoms with E-state index < -0.39 is 8.32 Å². The number of fused-ring (bicyclic) bond motifs is 2. The number of carbonyl (C=O) groups is 2. The Balaban J connectivity index is 1.39. The van der Waals surface area contributed by atoms with Crippen LogP contribution in [0.1, 0.15) is 89.3 Å². The number of nitrogens with one attached hydrogen (secondary N) is 1. The molecule has 2 heterocycles. The standard InChI is InChI=1S/C36H50N2O4Si/c1-8-36-20-14-21-38(35(40)41-23-27-15-10-9-11-16-27)34(36)31(36)33(39)32-29(28-17-12-13-18-30(28)37-32)19-22-42-43(24(2)3,25(4)5)26(6)7/h9-13,15-18,24-26,31,34,37H,8,14,19-23H2,1-7H3/t31-,34-,36+/m0/s1. The Hall–Kier alpha value is -2.90. The minimum absolute atomic E-state index is 0.125. The van der Waals surface area contributed by atoms with E-state index in [0.29, 0.717) is 41.9 Å². The van der Waals surface area contributed by atoms with Gasteiger partial charge in [0.2, 0.25) is 0 Å². The number of para-hydroxylation sites is 1. The fourth-order valence-corrected chi connectivity index (χ4v) is 14.1. The monoisotopic (exact) mass is 602 g/mol. The van der Waals surface area contributed by atoms with Crippen molar-refractivity contribution >= 4 is 31.1 Å². The van der Waals surface area contributed by atoms with Crippen molar-refractivity contribution in [3.8, 4) is 0 Å². The Labute approximate surface area is 258 Å². The predicted molar refractivity (Wildman–Crippen MR) is 176 cm³/mol. The fourth-order valence-electron chi connectivity index (χ4n) is 8.65. The molecule has 1 aromatic heterocycles. The zero-order valence-corrected chi connectivity index (χ0v) is 28.1. The number of benzene rings is 2. The maximum Gasteiger partial charge on any atom is 0.410 e. The fraction of sp³-hybridized carbons (Fsp3) is 0.556. The summed E-state index contributed by atoms with van der Waals surface area (Å²) in [6, 6.07) is 17.8. The molecule has 0 spiro atoms. The molecule has 6 nitrogen and oxygen atoms in total. The second-order valence-electron chi connectivity index (χ2n) is 13.7. The summed E-state index contributed by atoms with van der Waals surface area (Å²) >= 11 is 0. The molecule has 43 heavy (non-hydrogen) atoms. The van der Waals surface area contributed by atoms with Crippen LogP contribution in [-0.2, 0) is 22.2 Å². The van der Waals surface area contributed by atoms with Crippen molar-refractivity contribution in [3.05, 3.63) is 71.4 Å². The third-order valence-corrected chi connectivity index (χ3v) is 16.8. The van der Waals surface area contributed by atoms with Crippen LogP contribution in [0.15, 0.2) is 54.6 Å². The van der Waals surface area contributed by atoms with E-state index in [1.54, 1.807) is 0 Å². The summed E-state index contributed by atoms with van der Waals surface area (Å²) in [6.45, 7) is 17.5. The molecule has 0 bridgehead atoms. The SMILES string of the molecule is CC[C@]12CCCN(C(=O)OCc3ccccc3)[C@H]1[C@@H]2C(=O)c1[nH]c2ccccc2c1CCO[Si](C(C)C)(C(C)C)C(C)C. The van der Waals surface area contributed by atoms with E-state index in [4.69, 9.17) is 9.16 Å². The summed E-state index contributed by atoms with van der Waals surface area (Å²) in [6.07, 6.45) is 3.07. The molecule has 2 aliphatic rings. The molecule has 232 valence electrons. The number of aromatic nitrogens is 1. The average molecular weight is 603 g/mol. The Morgan fingerprint density at radius 2 is 1.63 bits per heavy atom. The summed E-state index contributed by atoms with van der Waals surface area (Å²) in [5, 5.41) is 1.09. The topological polar surface area (TPSA) is 71.6 Å². The van der Waals surface area contributed by atoms with Crippen LogP contribution in [-0.4, -0.2) is 49.3 Å². The highest BCUT2D eigenvalue weighted by Crippen LogP contribution is 2.64. The molecule has 2 fully saturated rings. The molecule has 5 rings (SSSR count). The highest BCUT2D eigenvalue weighted by molar-refractivity contribution is 6.77. The molecule has 0 radical (unpaired) electrons. The van der Waals surface area contributed by atoms with Crippen LogP contribution in [0.4, 0.5) is 4.79 Å². The first-order valence-electron chi connectivity index (χ1n) is 16.3. The number of likely N-dealkylation sites (tertiary alicyclic amines) is 1. The quantitative estimate of drug-likeness (QED) is 0.166. The summed E-state index contributed by atoms with van der Waals surface area (Å²) in [5.41, 5.74) is 5.00. The predicted octanol–water partition coefficient (Wildman–Crippen LogP) is 8.91. The average Bonchev–Trinajstić information content (AvgIpc) is 3.55. The first-order valence-corrected chi connectivity index (χ1v) is 18.5. The van der Waals surface area contributed by atoms with E-state index in [1.807, 2.05) is 47.4 Å². The van der Waals surface area contributed by atoms with Gasteiger partial charge in [-0.15, -0.1) is 0 Å². The lowest BCUT2D eigenvalue weighted by atomic mass is 9.89. The van der Waals surface area contributed by atoms with Gasteiger partial charge in [0.25, 0.3) is 0 Å². The molecule has 3 aromatic rings. The van der Waals surface area contributed by atoms with Crippen LogP contribution in [0, 0.1) is 11.3 Å². The zero-order chi connectivity index (χ0) is 30.9. The molecule has 1 N–H and O–H groups in total.